The molecular weight excluding hydrogens is 711 g/mol. The lowest BCUT2D eigenvalue weighted by molar-refractivity contribution is -0.718. The number of fused-ring (bicyclic) bond motifs is 18. The summed E-state index contributed by atoms with van der Waals surface area (Å²) in [6.07, 6.45) is 11.2. The lowest BCUT2D eigenvalue weighted by Crippen LogP contribution is -2.48. The van der Waals surface area contributed by atoms with Gasteiger partial charge in [-0.1, -0.05) is 66.7 Å². The van der Waals surface area contributed by atoms with Crippen LogP contribution in [0.3, 0.4) is 0 Å². The molecule has 6 aromatic carbocycles. The van der Waals surface area contributed by atoms with Crippen molar-refractivity contribution in [1.29, 1.82) is 0 Å². The van der Waals surface area contributed by atoms with Crippen LogP contribution >= 0.6 is 11.3 Å². The van der Waals surface area contributed by atoms with E-state index in [0.717, 1.165) is 12.8 Å². The Balaban J connectivity index is 1.15. The maximum Gasteiger partial charge on any atom is 0.218 e. The summed E-state index contributed by atoms with van der Waals surface area (Å²) in [5.41, 5.74) is 15.7. The van der Waals surface area contributed by atoms with Gasteiger partial charge >= 0.3 is 0 Å². The number of thiophene rings is 1. The highest BCUT2D eigenvalue weighted by atomic mass is 32.1. The van der Waals surface area contributed by atoms with E-state index in [0.29, 0.717) is 5.92 Å². The van der Waals surface area contributed by atoms with E-state index in [2.05, 4.69) is 191 Å². The second-order valence-electron chi connectivity index (χ2n) is 16.2. The van der Waals surface area contributed by atoms with Crippen LogP contribution in [0.25, 0.3) is 98.1 Å². The molecule has 0 amide bonds. The molecule has 0 N–H and O–H groups in total. The number of aromatic nitrogens is 3. The van der Waals surface area contributed by atoms with Gasteiger partial charge in [-0.3, -0.25) is 0 Å². The molecule has 2 unspecified atom stereocenters. The third kappa shape index (κ3) is 4.48. The highest BCUT2D eigenvalue weighted by Gasteiger charge is 2.41. The first kappa shape index (κ1) is 31.6. The molecule has 7 heterocycles. The molecule has 11 aromatic rings. The van der Waals surface area contributed by atoms with Gasteiger partial charge in [-0.2, -0.15) is 9.13 Å². The van der Waals surface area contributed by atoms with Crippen LogP contribution in [0.1, 0.15) is 35.1 Å². The zero-order valence-electron chi connectivity index (χ0n) is 31.5. The van der Waals surface area contributed by atoms with E-state index in [9.17, 15) is 0 Å². The van der Waals surface area contributed by atoms with Crippen molar-refractivity contribution in [2.24, 2.45) is 0 Å². The molecular formula is C53H37N3S+2. The molecule has 0 spiro atoms. The summed E-state index contributed by atoms with van der Waals surface area (Å²) in [4.78, 5) is 0. The molecule has 57 heavy (non-hydrogen) atoms. The quantitative estimate of drug-likeness (QED) is 0.148. The van der Waals surface area contributed by atoms with Gasteiger partial charge < -0.3 is 4.40 Å². The molecule has 2 atom stereocenters. The molecule has 3 nitrogen and oxygen atoms in total. The van der Waals surface area contributed by atoms with E-state index in [-0.39, 0.29) is 6.04 Å². The Bertz CT molecular complexity index is 3500. The predicted octanol–water partition coefficient (Wildman–Crippen LogP) is 12.8. The zero-order valence-corrected chi connectivity index (χ0v) is 32.3. The second-order valence-corrected chi connectivity index (χ2v) is 17.3. The molecule has 4 heteroatoms. The van der Waals surface area contributed by atoms with Crippen molar-refractivity contribution in [2.45, 2.75) is 31.7 Å². The van der Waals surface area contributed by atoms with Gasteiger partial charge in [-0.15, -0.1) is 11.3 Å². The highest BCUT2D eigenvalue weighted by molar-refractivity contribution is 7.25. The van der Waals surface area contributed by atoms with Crippen LogP contribution in [0.15, 0.2) is 164 Å². The van der Waals surface area contributed by atoms with E-state index in [1.54, 1.807) is 0 Å². The smallest absolute Gasteiger partial charge is 0.218 e. The fourth-order valence-corrected chi connectivity index (χ4v) is 11.6. The summed E-state index contributed by atoms with van der Waals surface area (Å²) < 4.78 is 10.2. The molecule has 2 aliphatic rings. The number of aryl methyl sites for hydroxylation is 1. The van der Waals surface area contributed by atoms with Gasteiger partial charge in [0.2, 0.25) is 11.4 Å². The number of pyridine rings is 2. The third-order valence-electron chi connectivity index (χ3n) is 13.1. The zero-order chi connectivity index (χ0) is 37.4. The molecule has 0 fully saturated rings. The van der Waals surface area contributed by atoms with Crippen LogP contribution < -0.4 is 9.13 Å². The Hall–Kier alpha value is -6.62. The minimum atomic E-state index is 0.250. The number of benzene rings is 6. The van der Waals surface area contributed by atoms with Crippen LogP contribution in [0.4, 0.5) is 0 Å². The van der Waals surface area contributed by atoms with Crippen molar-refractivity contribution in [3.05, 3.63) is 181 Å². The Labute approximate surface area is 334 Å². The fourth-order valence-electron chi connectivity index (χ4n) is 10.5. The first-order valence-corrected chi connectivity index (χ1v) is 20.9. The van der Waals surface area contributed by atoms with E-state index >= 15 is 0 Å². The lowest BCUT2D eigenvalue weighted by Gasteiger charge is -2.31. The van der Waals surface area contributed by atoms with E-state index in [4.69, 9.17) is 0 Å². The Morgan fingerprint density at radius 2 is 1.39 bits per heavy atom. The van der Waals surface area contributed by atoms with Crippen LogP contribution in [-0.4, -0.2) is 4.40 Å². The molecule has 5 aromatic heterocycles. The van der Waals surface area contributed by atoms with Gasteiger partial charge in [0.05, 0.1) is 28.0 Å². The van der Waals surface area contributed by atoms with Crippen molar-refractivity contribution in [2.75, 3.05) is 0 Å². The second kappa shape index (κ2) is 11.7. The molecule has 0 aliphatic carbocycles. The summed E-state index contributed by atoms with van der Waals surface area (Å²) in [6, 6.07) is 55.3. The van der Waals surface area contributed by atoms with Crippen LogP contribution in [-0.2, 0) is 6.42 Å². The van der Waals surface area contributed by atoms with Gasteiger partial charge in [-0.25, -0.2) is 0 Å². The summed E-state index contributed by atoms with van der Waals surface area (Å²) in [5.74, 6) is 0.328. The molecule has 268 valence electrons. The van der Waals surface area contributed by atoms with E-state index in [1.807, 2.05) is 11.3 Å². The molecule has 0 bridgehead atoms. The lowest BCUT2D eigenvalue weighted by atomic mass is 9.78. The maximum absolute atomic E-state index is 2.61. The van der Waals surface area contributed by atoms with E-state index in [1.165, 1.54) is 109 Å². The van der Waals surface area contributed by atoms with Crippen molar-refractivity contribution < 1.29 is 9.13 Å². The normalized spacial score (nSPS) is 16.9. The average Bonchev–Trinajstić information content (AvgIpc) is 3.89. The molecule has 0 saturated carbocycles. The summed E-state index contributed by atoms with van der Waals surface area (Å²) in [5, 5.41) is 7.93. The van der Waals surface area contributed by atoms with Crippen molar-refractivity contribution >= 4 is 75.8 Å². The topological polar surface area (TPSA) is 12.2 Å². The summed E-state index contributed by atoms with van der Waals surface area (Å²) in [7, 11) is 0. The van der Waals surface area contributed by atoms with Gasteiger partial charge in [0.1, 0.15) is 0 Å². The SMILES string of the molecule is Cc1ccc2[n+](c1)C1Cc3cc4c(cc3-c3cccc[n+]3/C=C/CC1c1ccccc1-2)c1cc(-c2ccccc2)cc2c3cc5c(cc3n4c12)sc1ccccc15. The van der Waals surface area contributed by atoms with Crippen molar-refractivity contribution in [3.63, 3.8) is 0 Å². The Kier molecular flexibility index (Phi) is 6.48. The van der Waals surface area contributed by atoms with Gasteiger partial charge in [0.15, 0.2) is 24.6 Å². The van der Waals surface area contributed by atoms with Crippen LogP contribution in [0, 0.1) is 6.92 Å². The largest absolute Gasteiger partial charge is 0.308 e. The monoisotopic (exact) mass is 747 g/mol. The predicted molar refractivity (Wildman–Crippen MR) is 237 cm³/mol. The minimum absolute atomic E-state index is 0.250. The Morgan fingerprint density at radius 3 is 2.30 bits per heavy atom. The molecule has 0 radical (unpaired) electrons. The first-order chi connectivity index (χ1) is 28.2. The van der Waals surface area contributed by atoms with E-state index < -0.39 is 0 Å². The van der Waals surface area contributed by atoms with Crippen LogP contribution in [0.2, 0.25) is 0 Å². The molecule has 13 rings (SSSR count). The van der Waals surface area contributed by atoms with Crippen molar-refractivity contribution in [1.82, 2.24) is 4.40 Å². The summed E-state index contributed by atoms with van der Waals surface area (Å²) in [6.45, 7) is 2.23. The minimum Gasteiger partial charge on any atom is -0.308 e. The van der Waals surface area contributed by atoms with Gasteiger partial charge in [0, 0.05) is 77.5 Å². The van der Waals surface area contributed by atoms with Crippen LogP contribution in [0.5, 0.6) is 0 Å². The first-order valence-electron chi connectivity index (χ1n) is 20.1. The third-order valence-corrected chi connectivity index (χ3v) is 14.2. The molecule has 2 aliphatic heterocycles. The Morgan fingerprint density at radius 1 is 0.596 bits per heavy atom. The average molecular weight is 748 g/mol. The van der Waals surface area contributed by atoms with Crippen molar-refractivity contribution in [3.8, 4) is 33.6 Å². The number of hydrogen-bond donors (Lipinski definition) is 0. The fraction of sp³-hybridized carbons (Fsp3) is 0.0943. The maximum atomic E-state index is 2.61. The number of allylic oxidation sites excluding steroid dienone is 1. The number of nitrogens with zero attached hydrogens (tertiary/aromatic N) is 3. The van der Waals surface area contributed by atoms with Gasteiger partial charge in [-0.05, 0) is 102 Å². The number of hydrogen-bond acceptors (Lipinski definition) is 1. The number of rotatable bonds is 1. The standard InChI is InChI=1S/C53H37N3S/c1-32-20-21-47-37-15-6-5-14-36(37)38-17-11-23-54-22-10-9-18-46(54)40-28-41-44-24-34(33-12-3-2-4-13-33)25-45-42-29-43-39-16-7-8-19-51(39)57-52(43)30-50(42)56(53(44)45)49(41)27-35(40)26-48(38)55(47)31-32/h2-16,18-25,27-31,38,48H,17,26H2,1H3/q+2/b23-11+. The summed E-state index contributed by atoms with van der Waals surface area (Å²) >= 11 is 1.90. The van der Waals surface area contributed by atoms with Gasteiger partial charge in [0.25, 0.3) is 0 Å². The highest BCUT2D eigenvalue weighted by Crippen LogP contribution is 2.48. The molecule has 0 saturated heterocycles.